The fourth-order valence-corrected chi connectivity index (χ4v) is 3.75. The first-order valence-electron chi connectivity index (χ1n) is 9.77. The van der Waals surface area contributed by atoms with Crippen LogP contribution in [0.25, 0.3) is 0 Å². The molecule has 2 atom stereocenters. The molecule has 174 valence electrons. The number of halogens is 6. The first-order chi connectivity index (χ1) is 15.0. The number of ether oxygens (including phenoxy) is 2. The van der Waals surface area contributed by atoms with E-state index in [0.717, 1.165) is 5.56 Å². The lowest BCUT2D eigenvalue weighted by molar-refractivity contribution is -0.143. The highest BCUT2D eigenvalue weighted by molar-refractivity contribution is 5.67. The molecule has 1 heterocycles. The maximum Gasteiger partial charge on any atom is 0.416 e. The summed E-state index contributed by atoms with van der Waals surface area (Å²) in [5, 5.41) is 0. The molecule has 32 heavy (non-hydrogen) atoms. The van der Waals surface area contributed by atoms with Crippen LogP contribution in [-0.2, 0) is 28.4 Å². The van der Waals surface area contributed by atoms with Gasteiger partial charge in [-0.2, -0.15) is 26.3 Å². The van der Waals surface area contributed by atoms with Gasteiger partial charge >= 0.3 is 18.4 Å². The number of hydrogen-bond acceptors (Lipinski definition) is 3. The fraction of sp³-hybridized carbons (Fsp3) is 0.409. The van der Waals surface area contributed by atoms with Crippen molar-refractivity contribution in [3.63, 3.8) is 0 Å². The molecular formula is C22H21F6NO3. The Morgan fingerprint density at radius 1 is 1.00 bits per heavy atom. The van der Waals surface area contributed by atoms with Crippen LogP contribution >= 0.6 is 0 Å². The Morgan fingerprint density at radius 3 is 2.12 bits per heavy atom. The van der Waals surface area contributed by atoms with E-state index in [1.165, 1.54) is 12.0 Å². The van der Waals surface area contributed by atoms with Crippen molar-refractivity contribution in [3.8, 4) is 0 Å². The van der Waals surface area contributed by atoms with E-state index in [1.807, 2.05) is 18.2 Å². The maximum atomic E-state index is 13.1. The van der Waals surface area contributed by atoms with Gasteiger partial charge in [-0.3, -0.25) is 0 Å². The highest BCUT2D eigenvalue weighted by Crippen LogP contribution is 2.37. The molecule has 0 spiro atoms. The summed E-state index contributed by atoms with van der Waals surface area (Å²) in [6, 6.07) is 10.5. The maximum absolute atomic E-state index is 13.1. The van der Waals surface area contributed by atoms with Crippen LogP contribution in [0.5, 0.6) is 0 Å². The number of piperidine rings is 1. The average molecular weight is 461 g/mol. The minimum absolute atomic E-state index is 0.0884. The van der Waals surface area contributed by atoms with Crippen molar-refractivity contribution in [1.29, 1.82) is 0 Å². The Kier molecular flexibility index (Phi) is 7.02. The molecule has 0 saturated carbocycles. The van der Waals surface area contributed by atoms with E-state index in [-0.39, 0.29) is 30.6 Å². The molecule has 1 aliphatic rings. The zero-order valence-corrected chi connectivity index (χ0v) is 17.0. The number of rotatable bonds is 4. The van der Waals surface area contributed by atoms with Gasteiger partial charge in [-0.05, 0) is 35.7 Å². The third-order valence-electron chi connectivity index (χ3n) is 5.32. The zero-order valence-electron chi connectivity index (χ0n) is 17.0. The molecule has 1 saturated heterocycles. The lowest BCUT2D eigenvalue weighted by atomic mass is 9.88. The van der Waals surface area contributed by atoms with Gasteiger partial charge in [0.15, 0.2) is 0 Å². The molecular weight excluding hydrogens is 440 g/mol. The van der Waals surface area contributed by atoms with Crippen LogP contribution in [0.15, 0.2) is 48.5 Å². The smallest absolute Gasteiger partial charge is 0.416 e. The van der Waals surface area contributed by atoms with Crippen molar-refractivity contribution < 1.29 is 40.6 Å². The van der Waals surface area contributed by atoms with Crippen LogP contribution in [0.3, 0.4) is 0 Å². The second-order valence-electron chi connectivity index (χ2n) is 7.49. The molecule has 0 N–H and O–H groups in total. The molecule has 4 nitrogen and oxygen atoms in total. The van der Waals surface area contributed by atoms with E-state index in [2.05, 4.69) is 0 Å². The molecule has 0 aromatic heterocycles. The average Bonchev–Trinajstić information content (AvgIpc) is 2.76. The number of nitrogens with zero attached hydrogens (tertiary/aromatic N) is 1. The fourth-order valence-electron chi connectivity index (χ4n) is 3.75. The highest BCUT2D eigenvalue weighted by Gasteiger charge is 2.37. The number of amides is 1. The number of carbonyl (C=O) groups is 1. The lowest BCUT2D eigenvalue weighted by Crippen LogP contribution is -2.45. The second-order valence-corrected chi connectivity index (χ2v) is 7.49. The molecule has 0 bridgehead atoms. The van der Waals surface area contributed by atoms with Crippen LogP contribution in [-0.4, -0.2) is 37.3 Å². The molecule has 0 radical (unpaired) electrons. The summed E-state index contributed by atoms with van der Waals surface area (Å²) in [6.07, 6.45) is -10.5. The number of likely N-dealkylation sites (tertiary alicyclic amines) is 1. The van der Waals surface area contributed by atoms with Gasteiger partial charge < -0.3 is 14.4 Å². The van der Waals surface area contributed by atoms with Crippen LogP contribution in [0.1, 0.15) is 34.6 Å². The molecule has 1 amide bonds. The van der Waals surface area contributed by atoms with Crippen molar-refractivity contribution >= 4 is 6.09 Å². The van der Waals surface area contributed by atoms with E-state index in [9.17, 15) is 31.1 Å². The van der Waals surface area contributed by atoms with Gasteiger partial charge in [0, 0.05) is 19.0 Å². The normalized spacial score (nSPS) is 19.7. The number of methoxy groups -OCH3 is 1. The predicted octanol–water partition coefficient (Wildman–Crippen LogP) is 5.87. The third kappa shape index (κ3) is 5.73. The Bertz CT molecular complexity index is 897. The standard InChI is InChI=1S/C22H21F6NO3/c1-31-20(30)29-8-7-19(18(12-29)15-5-3-2-4-6-15)32-13-14-9-16(21(23,24)25)11-17(10-14)22(26,27)28/h2-6,9-11,18-19H,7-8,12-13H2,1H3/t18-,19-/m1/s1. The van der Waals surface area contributed by atoms with Gasteiger partial charge in [0.25, 0.3) is 0 Å². The molecule has 2 aromatic carbocycles. The molecule has 2 aromatic rings. The summed E-state index contributed by atoms with van der Waals surface area (Å²) in [6.45, 7) is 0.105. The first kappa shape index (κ1) is 23.9. The monoisotopic (exact) mass is 461 g/mol. The number of hydrogen-bond donors (Lipinski definition) is 0. The molecule has 10 heteroatoms. The van der Waals surface area contributed by atoms with Crippen molar-refractivity contribution in [2.24, 2.45) is 0 Å². The van der Waals surface area contributed by atoms with E-state index in [4.69, 9.17) is 9.47 Å². The molecule has 0 aliphatic carbocycles. The predicted molar refractivity (Wildman–Crippen MR) is 103 cm³/mol. The van der Waals surface area contributed by atoms with E-state index >= 15 is 0 Å². The molecule has 1 fully saturated rings. The Hall–Kier alpha value is -2.75. The van der Waals surface area contributed by atoms with Crippen molar-refractivity contribution in [2.75, 3.05) is 20.2 Å². The molecule has 3 rings (SSSR count). The van der Waals surface area contributed by atoms with Gasteiger partial charge in [-0.1, -0.05) is 30.3 Å². The summed E-state index contributed by atoms with van der Waals surface area (Å²) >= 11 is 0. The van der Waals surface area contributed by atoms with Crippen molar-refractivity contribution in [3.05, 3.63) is 70.8 Å². The number of benzene rings is 2. The summed E-state index contributed by atoms with van der Waals surface area (Å²) in [4.78, 5) is 13.4. The highest BCUT2D eigenvalue weighted by atomic mass is 19.4. The van der Waals surface area contributed by atoms with Gasteiger partial charge in [-0.25, -0.2) is 4.79 Å². The summed E-state index contributed by atoms with van der Waals surface area (Å²) < 4.78 is 89.2. The van der Waals surface area contributed by atoms with Gasteiger partial charge in [0.1, 0.15) is 0 Å². The Balaban J connectivity index is 1.83. The van der Waals surface area contributed by atoms with Crippen molar-refractivity contribution in [1.82, 2.24) is 4.90 Å². The summed E-state index contributed by atoms with van der Waals surface area (Å²) in [7, 11) is 1.26. The lowest BCUT2D eigenvalue weighted by Gasteiger charge is -2.38. The van der Waals surface area contributed by atoms with E-state index in [0.29, 0.717) is 18.6 Å². The van der Waals surface area contributed by atoms with E-state index in [1.54, 1.807) is 12.1 Å². The van der Waals surface area contributed by atoms with Crippen LogP contribution in [0.4, 0.5) is 31.1 Å². The Morgan fingerprint density at radius 2 is 1.59 bits per heavy atom. The molecule has 1 aliphatic heterocycles. The van der Waals surface area contributed by atoms with Crippen molar-refractivity contribution in [2.45, 2.75) is 37.4 Å². The Labute approximate surface area is 180 Å². The minimum atomic E-state index is -4.92. The molecule has 0 unspecified atom stereocenters. The number of alkyl halides is 6. The summed E-state index contributed by atoms with van der Waals surface area (Å²) in [5.74, 6) is -0.322. The largest absolute Gasteiger partial charge is 0.453 e. The van der Waals surface area contributed by atoms with Crippen LogP contribution < -0.4 is 0 Å². The number of carbonyl (C=O) groups excluding carboxylic acids is 1. The van der Waals surface area contributed by atoms with Gasteiger partial charge in [0.2, 0.25) is 0 Å². The SMILES string of the molecule is COC(=O)N1CC[C@@H](OCc2cc(C(F)(F)F)cc(C(F)(F)F)c2)[C@@H](c2ccccc2)C1. The van der Waals surface area contributed by atoms with Gasteiger partial charge in [0.05, 0.1) is 30.9 Å². The second kappa shape index (κ2) is 9.40. The summed E-state index contributed by atoms with van der Waals surface area (Å²) in [5.41, 5.74) is -2.16. The van der Waals surface area contributed by atoms with E-state index < -0.39 is 42.3 Å². The van der Waals surface area contributed by atoms with Crippen LogP contribution in [0, 0.1) is 0 Å². The topological polar surface area (TPSA) is 38.8 Å². The first-order valence-corrected chi connectivity index (χ1v) is 9.77. The minimum Gasteiger partial charge on any atom is -0.453 e. The van der Waals surface area contributed by atoms with Gasteiger partial charge in [-0.15, -0.1) is 0 Å². The van der Waals surface area contributed by atoms with Crippen LogP contribution in [0.2, 0.25) is 0 Å². The zero-order chi connectivity index (χ0) is 23.5. The quantitative estimate of drug-likeness (QED) is 0.535. The third-order valence-corrected chi connectivity index (χ3v) is 5.32.